The maximum atomic E-state index is 16.7. The Balaban J connectivity index is 2.12. The zero-order valence-corrected chi connectivity index (χ0v) is 30.6. The van der Waals surface area contributed by atoms with Crippen LogP contribution >= 0.6 is 0 Å². The third-order valence-electron chi connectivity index (χ3n) is 10.0. The first kappa shape index (κ1) is 47.2. The lowest BCUT2D eigenvalue weighted by molar-refractivity contribution is 0.403. The van der Waals surface area contributed by atoms with E-state index in [9.17, 15) is 26.3 Å². The largest absolute Gasteiger partial charge is 0.255 e. The third kappa shape index (κ3) is 6.38. The van der Waals surface area contributed by atoms with Crippen molar-refractivity contribution in [1.82, 2.24) is 0 Å². The van der Waals surface area contributed by atoms with Crippen LogP contribution in [0.1, 0.15) is 16.7 Å². The zero-order chi connectivity index (χ0) is 48.4. The molecule has 0 aliphatic carbocycles. The smallest absolute Gasteiger partial charge is 0.204 e. The Morgan fingerprint density at radius 3 is 0.500 bits per heavy atom. The van der Waals surface area contributed by atoms with Crippen molar-refractivity contribution in [2.75, 3.05) is 0 Å². The van der Waals surface area contributed by atoms with Gasteiger partial charge in [-0.3, -0.25) is 0 Å². The summed E-state index contributed by atoms with van der Waals surface area (Å²) >= 11 is 0. The van der Waals surface area contributed by atoms with Gasteiger partial charge in [0.15, 0.2) is 140 Å². The van der Waals surface area contributed by atoms with Crippen LogP contribution in [0.5, 0.6) is 0 Å². The summed E-state index contributed by atoms with van der Waals surface area (Å²) in [5.41, 5.74) is -31.1. The number of benzene rings is 6. The van der Waals surface area contributed by atoms with E-state index in [0.717, 1.165) is 0 Å². The van der Waals surface area contributed by atoms with Gasteiger partial charge in [-0.15, -0.1) is 0 Å². The molecule has 0 amide bonds. The molecular formula is C39H9BF24. The van der Waals surface area contributed by atoms with Crippen LogP contribution in [0.15, 0.2) is 0 Å². The van der Waals surface area contributed by atoms with Crippen LogP contribution in [0, 0.1) is 160 Å². The number of rotatable bonds is 6. The lowest BCUT2D eigenvalue weighted by atomic mass is 9.33. The predicted octanol–water partition coefficient (Wildman–Crippen LogP) is 11.5. The second kappa shape index (κ2) is 16.0. The van der Waals surface area contributed by atoms with Crippen LogP contribution in [0.4, 0.5) is 105 Å². The molecule has 0 saturated carbocycles. The van der Waals surface area contributed by atoms with E-state index in [1.54, 1.807) is 0 Å². The molecule has 0 unspecified atom stereocenters. The molecule has 0 aliphatic heterocycles. The van der Waals surface area contributed by atoms with Gasteiger partial charge in [0.25, 0.3) is 6.71 Å². The van der Waals surface area contributed by atoms with Gasteiger partial charge in [-0.25, -0.2) is 105 Å². The fourth-order valence-corrected chi connectivity index (χ4v) is 7.04. The van der Waals surface area contributed by atoms with Gasteiger partial charge in [-0.2, -0.15) is 0 Å². The number of halogens is 24. The molecule has 25 heteroatoms. The van der Waals surface area contributed by atoms with Crippen LogP contribution in [0.2, 0.25) is 0 Å². The van der Waals surface area contributed by atoms with Crippen molar-refractivity contribution in [3.63, 3.8) is 0 Å². The molecule has 0 saturated heterocycles. The summed E-state index contributed by atoms with van der Waals surface area (Å²) in [4.78, 5) is 0. The Hall–Kier alpha value is -6.30. The maximum absolute atomic E-state index is 16.7. The molecule has 6 aromatic carbocycles. The second-order valence-corrected chi connectivity index (χ2v) is 13.3. The quantitative estimate of drug-likeness (QED) is 0.0676. The van der Waals surface area contributed by atoms with Gasteiger partial charge in [-0.05, 0) is 53.8 Å². The van der Waals surface area contributed by atoms with Crippen LogP contribution < -0.4 is 16.4 Å². The molecular weight excluding hydrogens is 935 g/mol. The molecule has 0 atom stereocenters. The van der Waals surface area contributed by atoms with E-state index in [2.05, 4.69) is 0 Å². The van der Waals surface area contributed by atoms with Gasteiger partial charge in [0.1, 0.15) is 0 Å². The SMILES string of the molecule is Cc1c(F)c(F)c(F)c(F)c1-c1c(F)c(F)c(F)c(F)c1B(c1c(F)c(F)c(F)c(F)c1-c1c(C)c(F)c(F)c(F)c1F)c1c(F)c(F)c(F)c(F)c1-c1c(C)c(F)c(F)c(F)c1F. The molecule has 0 heterocycles. The van der Waals surface area contributed by atoms with E-state index >= 15 is 79.0 Å². The van der Waals surface area contributed by atoms with E-state index < -0.39 is 213 Å². The Kier molecular flexibility index (Phi) is 11.8. The highest BCUT2D eigenvalue weighted by molar-refractivity contribution is 6.98. The summed E-state index contributed by atoms with van der Waals surface area (Å²) in [7, 11) is 0. The lowest BCUT2D eigenvalue weighted by Crippen LogP contribution is -2.59. The van der Waals surface area contributed by atoms with Gasteiger partial charge >= 0.3 is 0 Å². The standard InChI is InChI=1S/C39H9BF24/c1-4-7(19(44)31(56)28(53)16(4)41)10-13(25(50)37(62)34(59)22(10)47)40(14-11(23(48)35(60)38(63)26(14)51)8-5(2)17(42)29(54)32(57)20(8)45)15-12(24(49)36(61)39(64)27(15)52)9-6(3)18(43)30(55)33(58)21(9)46/h1-3H3. The van der Waals surface area contributed by atoms with Crippen molar-refractivity contribution < 1.29 is 105 Å². The zero-order valence-electron chi connectivity index (χ0n) is 30.6. The lowest BCUT2D eigenvalue weighted by Gasteiger charge is -2.28. The van der Waals surface area contributed by atoms with Crippen molar-refractivity contribution in [3.8, 4) is 33.4 Å². The first-order valence-electron chi connectivity index (χ1n) is 16.7. The first-order valence-corrected chi connectivity index (χ1v) is 16.7. The molecule has 0 nitrogen and oxygen atoms in total. The van der Waals surface area contributed by atoms with Crippen molar-refractivity contribution in [2.24, 2.45) is 0 Å². The third-order valence-corrected chi connectivity index (χ3v) is 10.0. The minimum absolute atomic E-state index is 0.0474. The molecule has 0 radical (unpaired) electrons. The van der Waals surface area contributed by atoms with Crippen molar-refractivity contribution >= 4 is 23.1 Å². The summed E-state index contributed by atoms with van der Waals surface area (Å²) in [6, 6.07) is 0. The number of hydrogen-bond acceptors (Lipinski definition) is 0. The van der Waals surface area contributed by atoms with Gasteiger partial charge < -0.3 is 0 Å². The minimum Gasteiger partial charge on any atom is -0.204 e. The maximum Gasteiger partial charge on any atom is 0.255 e. The van der Waals surface area contributed by atoms with Gasteiger partial charge in [0.05, 0.1) is 0 Å². The fraction of sp³-hybridized carbons (Fsp3) is 0.0769. The Bertz CT molecular complexity index is 2670. The molecule has 0 aliphatic rings. The van der Waals surface area contributed by atoms with Crippen LogP contribution in [-0.2, 0) is 0 Å². The molecule has 6 rings (SSSR count). The monoisotopic (exact) mass is 944 g/mol. The minimum atomic E-state index is -4.67. The van der Waals surface area contributed by atoms with Crippen LogP contribution in [0.25, 0.3) is 33.4 Å². The highest BCUT2D eigenvalue weighted by Crippen LogP contribution is 2.41. The Labute approximate surface area is 339 Å². The molecule has 6 aromatic rings. The molecule has 336 valence electrons. The molecule has 0 fully saturated rings. The summed E-state index contributed by atoms with van der Waals surface area (Å²) in [6.07, 6.45) is 0. The summed E-state index contributed by atoms with van der Waals surface area (Å²) in [5, 5.41) is 0. The van der Waals surface area contributed by atoms with E-state index in [-0.39, 0.29) is 20.8 Å². The highest BCUT2D eigenvalue weighted by Gasteiger charge is 2.47. The van der Waals surface area contributed by atoms with Gasteiger partial charge in [0.2, 0.25) is 0 Å². The van der Waals surface area contributed by atoms with Crippen molar-refractivity contribution in [1.29, 1.82) is 0 Å². The normalized spacial score (nSPS) is 11.7. The Morgan fingerprint density at radius 2 is 0.312 bits per heavy atom. The topological polar surface area (TPSA) is 0 Å². The van der Waals surface area contributed by atoms with Gasteiger partial charge in [0, 0.05) is 33.4 Å². The average Bonchev–Trinajstić information content (AvgIpc) is 3.27. The average molecular weight is 944 g/mol. The summed E-state index contributed by atoms with van der Waals surface area (Å²) < 4.78 is 371. The Morgan fingerprint density at radius 1 is 0.172 bits per heavy atom. The van der Waals surface area contributed by atoms with E-state index in [1.807, 2.05) is 0 Å². The van der Waals surface area contributed by atoms with E-state index in [0.29, 0.717) is 0 Å². The molecule has 0 N–H and O–H groups in total. The molecule has 0 aromatic heterocycles. The number of hydrogen-bond donors (Lipinski definition) is 0. The van der Waals surface area contributed by atoms with Crippen LogP contribution in [-0.4, -0.2) is 6.71 Å². The first-order chi connectivity index (χ1) is 29.6. The predicted molar refractivity (Wildman–Crippen MR) is 173 cm³/mol. The van der Waals surface area contributed by atoms with Crippen molar-refractivity contribution in [2.45, 2.75) is 20.8 Å². The fourth-order valence-electron chi connectivity index (χ4n) is 7.04. The van der Waals surface area contributed by atoms with E-state index in [4.69, 9.17) is 0 Å². The second-order valence-electron chi connectivity index (χ2n) is 13.3. The summed E-state index contributed by atoms with van der Waals surface area (Å²) in [6.45, 7) is -4.53. The highest BCUT2D eigenvalue weighted by atomic mass is 19.2. The van der Waals surface area contributed by atoms with Gasteiger partial charge in [-0.1, -0.05) is 0 Å². The molecule has 0 bridgehead atoms. The van der Waals surface area contributed by atoms with E-state index in [1.165, 1.54) is 0 Å². The molecule has 64 heavy (non-hydrogen) atoms. The molecule has 0 spiro atoms. The van der Waals surface area contributed by atoms with Crippen molar-refractivity contribution in [3.05, 3.63) is 156 Å². The summed E-state index contributed by atoms with van der Waals surface area (Å²) in [5.74, 6) is -76.1. The van der Waals surface area contributed by atoms with Crippen LogP contribution in [0.3, 0.4) is 0 Å².